The highest BCUT2D eigenvalue weighted by Gasteiger charge is 2.30. The van der Waals surface area contributed by atoms with Gasteiger partial charge in [0.25, 0.3) is 0 Å². The Kier molecular flexibility index (Phi) is 6.31. The SMILES string of the molecule is CCCC(C)(NCCOc1cccc(Br)c1)C(=O)O. The minimum atomic E-state index is -0.880. The fourth-order valence-electron chi connectivity index (χ4n) is 1.82. The van der Waals surface area contributed by atoms with Crippen LogP contribution in [0, 0.1) is 0 Å². The van der Waals surface area contributed by atoms with Gasteiger partial charge in [0.1, 0.15) is 17.9 Å². The number of carbonyl (C=O) groups is 1. The number of carboxylic acid groups (broad SMARTS) is 1. The van der Waals surface area contributed by atoms with Gasteiger partial charge >= 0.3 is 5.97 Å². The molecule has 106 valence electrons. The van der Waals surface area contributed by atoms with E-state index in [4.69, 9.17) is 4.74 Å². The summed E-state index contributed by atoms with van der Waals surface area (Å²) < 4.78 is 6.51. The van der Waals surface area contributed by atoms with Crippen LogP contribution in [0.4, 0.5) is 0 Å². The number of rotatable bonds is 8. The summed E-state index contributed by atoms with van der Waals surface area (Å²) >= 11 is 3.37. The Labute approximate surface area is 122 Å². The number of aliphatic carboxylic acids is 1. The highest BCUT2D eigenvalue weighted by Crippen LogP contribution is 2.17. The van der Waals surface area contributed by atoms with Crippen molar-refractivity contribution >= 4 is 21.9 Å². The molecule has 5 heteroatoms. The van der Waals surface area contributed by atoms with Crippen molar-refractivity contribution in [3.05, 3.63) is 28.7 Å². The Morgan fingerprint density at radius 2 is 2.26 bits per heavy atom. The monoisotopic (exact) mass is 329 g/mol. The normalized spacial score (nSPS) is 13.8. The third-order valence-electron chi connectivity index (χ3n) is 2.90. The van der Waals surface area contributed by atoms with Crippen LogP contribution in [0.3, 0.4) is 0 Å². The van der Waals surface area contributed by atoms with Gasteiger partial charge in [0, 0.05) is 11.0 Å². The zero-order valence-corrected chi connectivity index (χ0v) is 12.9. The van der Waals surface area contributed by atoms with Gasteiger partial charge in [-0.1, -0.05) is 35.3 Å². The molecule has 19 heavy (non-hydrogen) atoms. The van der Waals surface area contributed by atoms with Crippen molar-refractivity contribution in [2.45, 2.75) is 32.2 Å². The second kappa shape index (κ2) is 7.50. The lowest BCUT2D eigenvalue weighted by Gasteiger charge is -2.25. The first kappa shape index (κ1) is 16.0. The van der Waals surface area contributed by atoms with Crippen molar-refractivity contribution < 1.29 is 14.6 Å². The Balaban J connectivity index is 2.39. The molecule has 1 rings (SSSR count). The van der Waals surface area contributed by atoms with Crippen molar-refractivity contribution in [2.24, 2.45) is 0 Å². The molecule has 1 atom stereocenters. The molecule has 0 saturated carbocycles. The molecule has 0 saturated heterocycles. The second-order valence-electron chi connectivity index (χ2n) is 4.62. The molecule has 0 amide bonds. The molecule has 2 N–H and O–H groups in total. The molecule has 1 aromatic rings. The van der Waals surface area contributed by atoms with Crippen molar-refractivity contribution in [3.63, 3.8) is 0 Å². The van der Waals surface area contributed by atoms with E-state index in [0.717, 1.165) is 16.6 Å². The van der Waals surface area contributed by atoms with Crippen LogP contribution in [0.5, 0.6) is 5.75 Å². The standard InChI is InChI=1S/C14H20BrNO3/c1-3-7-14(2,13(17)18)16-8-9-19-12-6-4-5-11(15)10-12/h4-6,10,16H,3,7-9H2,1-2H3,(H,17,18). The Morgan fingerprint density at radius 3 is 2.84 bits per heavy atom. The predicted octanol–water partition coefficient (Wildman–Crippen LogP) is 3.06. The van der Waals surface area contributed by atoms with E-state index in [0.29, 0.717) is 19.6 Å². The first-order valence-electron chi connectivity index (χ1n) is 6.35. The third-order valence-corrected chi connectivity index (χ3v) is 3.40. The van der Waals surface area contributed by atoms with Crippen LogP contribution in [0.1, 0.15) is 26.7 Å². The zero-order chi connectivity index (χ0) is 14.3. The van der Waals surface area contributed by atoms with E-state index in [9.17, 15) is 9.90 Å². The van der Waals surface area contributed by atoms with Gasteiger partial charge in [-0.05, 0) is 31.5 Å². The molecule has 0 aliphatic heterocycles. The highest BCUT2D eigenvalue weighted by atomic mass is 79.9. The lowest BCUT2D eigenvalue weighted by molar-refractivity contribution is -0.144. The average Bonchev–Trinajstić information content (AvgIpc) is 2.35. The molecule has 0 aromatic heterocycles. The van der Waals surface area contributed by atoms with Crippen molar-refractivity contribution in [1.29, 1.82) is 0 Å². The number of carboxylic acids is 1. The summed E-state index contributed by atoms with van der Waals surface area (Å²) in [4.78, 5) is 11.2. The Bertz CT molecular complexity index is 425. The van der Waals surface area contributed by atoms with Gasteiger partial charge in [0.05, 0.1) is 0 Å². The van der Waals surface area contributed by atoms with Gasteiger partial charge in [-0.3, -0.25) is 10.1 Å². The Hall–Kier alpha value is -1.07. The minimum absolute atomic E-state index is 0.434. The van der Waals surface area contributed by atoms with Crippen molar-refractivity contribution in [3.8, 4) is 5.75 Å². The maximum absolute atomic E-state index is 11.2. The van der Waals surface area contributed by atoms with Crippen LogP contribution in [-0.2, 0) is 4.79 Å². The molecular formula is C14H20BrNO3. The van der Waals surface area contributed by atoms with Crippen LogP contribution in [0.15, 0.2) is 28.7 Å². The molecule has 1 unspecified atom stereocenters. The molecule has 0 fully saturated rings. The summed E-state index contributed by atoms with van der Waals surface area (Å²) in [6, 6.07) is 7.56. The van der Waals surface area contributed by atoms with Gasteiger partial charge in [-0.25, -0.2) is 0 Å². The third kappa shape index (κ3) is 5.20. The van der Waals surface area contributed by atoms with Gasteiger partial charge in [0.2, 0.25) is 0 Å². The summed E-state index contributed by atoms with van der Waals surface area (Å²) in [7, 11) is 0. The molecule has 0 aliphatic rings. The van der Waals surface area contributed by atoms with E-state index in [1.54, 1.807) is 6.92 Å². The molecule has 0 bridgehead atoms. The molecular weight excluding hydrogens is 310 g/mol. The zero-order valence-electron chi connectivity index (χ0n) is 11.3. The summed E-state index contributed by atoms with van der Waals surface area (Å²) in [6.07, 6.45) is 1.42. The van der Waals surface area contributed by atoms with Crippen LogP contribution < -0.4 is 10.1 Å². The van der Waals surface area contributed by atoms with Gasteiger partial charge < -0.3 is 9.84 Å². The average molecular weight is 330 g/mol. The van der Waals surface area contributed by atoms with Crippen LogP contribution >= 0.6 is 15.9 Å². The number of halogens is 1. The lowest BCUT2D eigenvalue weighted by Crippen LogP contribution is -2.50. The number of ether oxygens (including phenoxy) is 1. The van der Waals surface area contributed by atoms with Crippen molar-refractivity contribution in [1.82, 2.24) is 5.32 Å². The molecule has 0 radical (unpaired) electrons. The van der Waals surface area contributed by atoms with E-state index in [1.807, 2.05) is 31.2 Å². The second-order valence-corrected chi connectivity index (χ2v) is 5.54. The quantitative estimate of drug-likeness (QED) is 0.719. The molecule has 0 spiro atoms. The minimum Gasteiger partial charge on any atom is -0.492 e. The number of hydrogen-bond acceptors (Lipinski definition) is 3. The van der Waals surface area contributed by atoms with Crippen LogP contribution in [0.25, 0.3) is 0 Å². The predicted molar refractivity (Wildman–Crippen MR) is 78.6 cm³/mol. The first-order valence-corrected chi connectivity index (χ1v) is 7.14. The topological polar surface area (TPSA) is 58.6 Å². The number of hydrogen-bond donors (Lipinski definition) is 2. The first-order chi connectivity index (χ1) is 8.98. The smallest absolute Gasteiger partial charge is 0.323 e. The lowest BCUT2D eigenvalue weighted by atomic mass is 9.96. The number of nitrogens with one attached hydrogen (secondary N) is 1. The summed E-state index contributed by atoms with van der Waals surface area (Å²) in [5, 5.41) is 12.3. The van der Waals surface area contributed by atoms with E-state index in [-0.39, 0.29) is 0 Å². The summed E-state index contributed by atoms with van der Waals surface area (Å²) in [5.41, 5.74) is -0.880. The molecule has 4 nitrogen and oxygen atoms in total. The summed E-state index contributed by atoms with van der Waals surface area (Å²) in [6.45, 7) is 4.61. The van der Waals surface area contributed by atoms with E-state index in [2.05, 4.69) is 21.2 Å². The highest BCUT2D eigenvalue weighted by molar-refractivity contribution is 9.10. The van der Waals surface area contributed by atoms with Gasteiger partial charge in [0.15, 0.2) is 0 Å². The molecule has 1 aromatic carbocycles. The van der Waals surface area contributed by atoms with E-state index in [1.165, 1.54) is 0 Å². The molecule has 0 heterocycles. The van der Waals surface area contributed by atoms with Crippen LogP contribution in [-0.4, -0.2) is 29.8 Å². The maximum Gasteiger partial charge on any atom is 0.323 e. The molecule has 0 aliphatic carbocycles. The fraction of sp³-hybridized carbons (Fsp3) is 0.500. The largest absolute Gasteiger partial charge is 0.492 e. The fourth-order valence-corrected chi connectivity index (χ4v) is 2.20. The summed E-state index contributed by atoms with van der Waals surface area (Å²) in [5.74, 6) is -0.0551. The van der Waals surface area contributed by atoms with Gasteiger partial charge in [-0.15, -0.1) is 0 Å². The Morgan fingerprint density at radius 1 is 1.53 bits per heavy atom. The van der Waals surface area contributed by atoms with Crippen molar-refractivity contribution in [2.75, 3.05) is 13.2 Å². The van der Waals surface area contributed by atoms with Crippen LogP contribution in [0.2, 0.25) is 0 Å². The number of benzene rings is 1. The maximum atomic E-state index is 11.2. The van der Waals surface area contributed by atoms with E-state index >= 15 is 0 Å². The van der Waals surface area contributed by atoms with E-state index < -0.39 is 11.5 Å². The van der Waals surface area contributed by atoms with Gasteiger partial charge in [-0.2, -0.15) is 0 Å².